The molecule has 0 saturated carbocycles. The van der Waals surface area contributed by atoms with Crippen LogP contribution < -0.4 is 0 Å². The zero-order chi connectivity index (χ0) is 31.4. The van der Waals surface area contributed by atoms with Crippen molar-refractivity contribution in [2.75, 3.05) is 13.6 Å². The van der Waals surface area contributed by atoms with Gasteiger partial charge < -0.3 is 4.90 Å². The number of hydrogen-bond acceptors (Lipinski definition) is 1. The molecule has 2 unspecified atom stereocenters. The number of halogens is 3. The summed E-state index contributed by atoms with van der Waals surface area (Å²) in [5.74, 6) is -0.234. The lowest BCUT2D eigenvalue weighted by Gasteiger charge is -2.19. The van der Waals surface area contributed by atoms with Crippen LogP contribution in [0.1, 0.15) is 132 Å². The third-order valence-corrected chi connectivity index (χ3v) is 8.01. The van der Waals surface area contributed by atoms with Crippen molar-refractivity contribution in [3.05, 3.63) is 58.2 Å². The Kier molecular flexibility index (Phi) is 20.6. The Bertz CT molecular complexity index is 900. The molecular weight excluding hydrogens is 519 g/mol. The highest BCUT2D eigenvalue weighted by atomic mass is 19.4. The number of amides is 1. The first-order chi connectivity index (χ1) is 19.1. The van der Waals surface area contributed by atoms with E-state index in [2.05, 4.69) is 78.8 Å². The molecular formula is C36H60F3NO. The van der Waals surface area contributed by atoms with Crippen molar-refractivity contribution in [2.24, 2.45) is 11.8 Å². The van der Waals surface area contributed by atoms with Gasteiger partial charge in [-0.25, -0.2) is 0 Å². The van der Waals surface area contributed by atoms with E-state index < -0.39 is 12.1 Å². The van der Waals surface area contributed by atoms with Gasteiger partial charge in [0, 0.05) is 13.6 Å². The summed E-state index contributed by atoms with van der Waals surface area (Å²) in [5.41, 5.74) is 6.92. The number of allylic oxidation sites excluding steroid dienone is 10. The summed E-state index contributed by atoms with van der Waals surface area (Å²) in [5, 5.41) is 0. The Balaban J connectivity index is 4.19. The van der Waals surface area contributed by atoms with Gasteiger partial charge in [-0.2, -0.15) is 13.2 Å². The molecule has 0 aromatic carbocycles. The molecule has 5 heteroatoms. The van der Waals surface area contributed by atoms with Crippen LogP contribution in [0.2, 0.25) is 0 Å². The van der Waals surface area contributed by atoms with Gasteiger partial charge in [0.05, 0.1) is 0 Å². The second-order valence-electron chi connectivity index (χ2n) is 12.5. The minimum Gasteiger partial charge on any atom is -0.338 e. The molecule has 0 rings (SSSR count). The van der Waals surface area contributed by atoms with Crippen molar-refractivity contribution in [2.45, 2.75) is 139 Å². The molecule has 41 heavy (non-hydrogen) atoms. The van der Waals surface area contributed by atoms with Crippen LogP contribution in [0.25, 0.3) is 0 Å². The standard InChI is InChI=1S/C36H60F3NO/c1-28(2)16-12-24-33(7)34(8)26-25-32(6)18-11-10-17-29(3)19-13-20-30(4)21-14-22-31(5)23-15-27-40(9)35(41)36(37,38)39/h16-18,20,22,33-34H,10-15,19,21,23-27H2,1-9H3/b29-17+,30-20+,31-22+,32-18+. The van der Waals surface area contributed by atoms with Crippen LogP contribution in [0.3, 0.4) is 0 Å². The predicted molar refractivity (Wildman–Crippen MR) is 172 cm³/mol. The van der Waals surface area contributed by atoms with Gasteiger partial charge in [-0.1, -0.05) is 72.1 Å². The molecule has 0 spiro atoms. The van der Waals surface area contributed by atoms with Crippen molar-refractivity contribution >= 4 is 5.91 Å². The van der Waals surface area contributed by atoms with E-state index in [0.717, 1.165) is 60.8 Å². The van der Waals surface area contributed by atoms with Crippen LogP contribution in [0.5, 0.6) is 0 Å². The van der Waals surface area contributed by atoms with Gasteiger partial charge in [0.25, 0.3) is 0 Å². The van der Waals surface area contributed by atoms with Gasteiger partial charge in [-0.15, -0.1) is 0 Å². The maximum Gasteiger partial charge on any atom is 0.471 e. The third-order valence-electron chi connectivity index (χ3n) is 8.01. The van der Waals surface area contributed by atoms with Gasteiger partial charge in [0.1, 0.15) is 0 Å². The average molecular weight is 580 g/mol. The molecule has 0 heterocycles. The molecule has 2 nitrogen and oxygen atoms in total. The smallest absolute Gasteiger partial charge is 0.338 e. The zero-order valence-corrected chi connectivity index (χ0v) is 27.7. The molecule has 0 radical (unpaired) electrons. The molecule has 2 atom stereocenters. The normalized spacial score (nSPS) is 15.1. The Morgan fingerprint density at radius 2 is 1.07 bits per heavy atom. The quantitative estimate of drug-likeness (QED) is 0.104. The Morgan fingerprint density at radius 3 is 1.56 bits per heavy atom. The number of hydrogen-bond donors (Lipinski definition) is 0. The zero-order valence-electron chi connectivity index (χ0n) is 27.7. The minimum atomic E-state index is -4.79. The average Bonchev–Trinajstić information content (AvgIpc) is 2.88. The van der Waals surface area contributed by atoms with Crippen LogP contribution >= 0.6 is 0 Å². The van der Waals surface area contributed by atoms with E-state index in [0.29, 0.717) is 12.8 Å². The highest BCUT2D eigenvalue weighted by Gasteiger charge is 2.40. The van der Waals surface area contributed by atoms with E-state index in [4.69, 9.17) is 0 Å². The number of nitrogens with zero attached hydrogens (tertiary/aromatic N) is 1. The fraction of sp³-hybridized carbons (Fsp3) is 0.694. The van der Waals surface area contributed by atoms with Crippen LogP contribution in [-0.4, -0.2) is 30.6 Å². The van der Waals surface area contributed by atoms with Gasteiger partial charge in [-0.3, -0.25) is 4.79 Å². The van der Waals surface area contributed by atoms with E-state index >= 15 is 0 Å². The number of carbonyl (C=O) groups is 1. The van der Waals surface area contributed by atoms with Crippen molar-refractivity contribution in [3.8, 4) is 0 Å². The summed E-state index contributed by atoms with van der Waals surface area (Å²) in [6.07, 6.45) is 19.3. The Labute approximate surface area is 250 Å². The van der Waals surface area contributed by atoms with Crippen LogP contribution in [0, 0.1) is 11.8 Å². The number of carbonyl (C=O) groups excluding carboxylic acids is 1. The highest BCUT2D eigenvalue weighted by Crippen LogP contribution is 2.24. The molecule has 0 bridgehead atoms. The summed E-state index contributed by atoms with van der Waals surface area (Å²) in [4.78, 5) is 11.9. The SMILES string of the molecule is CC(C)=CCCC(C)C(C)CC/C(C)=C/CC/C=C(\C)CC/C=C(\C)CC/C=C(\C)CCCN(C)C(=O)C(F)(F)F. The predicted octanol–water partition coefficient (Wildman–Crippen LogP) is 11.7. The highest BCUT2D eigenvalue weighted by molar-refractivity contribution is 5.81. The minimum absolute atomic E-state index is 0.112. The van der Waals surface area contributed by atoms with Gasteiger partial charge >= 0.3 is 12.1 Å². The second-order valence-corrected chi connectivity index (χ2v) is 12.5. The molecule has 0 aliphatic rings. The van der Waals surface area contributed by atoms with Gasteiger partial charge in [0.2, 0.25) is 0 Å². The first-order valence-corrected chi connectivity index (χ1v) is 15.7. The van der Waals surface area contributed by atoms with E-state index in [1.807, 2.05) is 6.92 Å². The van der Waals surface area contributed by atoms with Crippen molar-refractivity contribution in [3.63, 3.8) is 0 Å². The number of unbranched alkanes of at least 4 members (excludes halogenated alkanes) is 1. The summed E-state index contributed by atoms with van der Waals surface area (Å²) < 4.78 is 37.3. The molecule has 0 saturated heterocycles. The van der Waals surface area contributed by atoms with E-state index in [-0.39, 0.29) is 6.54 Å². The maximum atomic E-state index is 12.4. The van der Waals surface area contributed by atoms with E-state index in [1.54, 1.807) is 0 Å². The lowest BCUT2D eigenvalue weighted by molar-refractivity contribution is -0.184. The van der Waals surface area contributed by atoms with Gasteiger partial charge in [0.15, 0.2) is 0 Å². The number of alkyl halides is 3. The largest absolute Gasteiger partial charge is 0.471 e. The van der Waals surface area contributed by atoms with Crippen molar-refractivity contribution in [1.29, 1.82) is 0 Å². The fourth-order valence-electron chi connectivity index (χ4n) is 4.73. The van der Waals surface area contributed by atoms with Gasteiger partial charge in [-0.05, 0) is 130 Å². The molecule has 0 aliphatic carbocycles. The molecule has 0 N–H and O–H groups in total. The maximum absolute atomic E-state index is 12.4. The van der Waals surface area contributed by atoms with Crippen LogP contribution in [0.15, 0.2) is 58.2 Å². The molecule has 0 aliphatic heterocycles. The van der Waals surface area contributed by atoms with Crippen LogP contribution in [-0.2, 0) is 4.79 Å². The third kappa shape index (κ3) is 21.3. The van der Waals surface area contributed by atoms with Crippen LogP contribution in [0.4, 0.5) is 13.2 Å². The fourth-order valence-corrected chi connectivity index (χ4v) is 4.73. The number of rotatable bonds is 20. The molecule has 0 fully saturated rings. The molecule has 0 aromatic rings. The van der Waals surface area contributed by atoms with E-state index in [9.17, 15) is 18.0 Å². The second kappa shape index (κ2) is 21.6. The van der Waals surface area contributed by atoms with Crippen molar-refractivity contribution in [1.82, 2.24) is 4.90 Å². The summed E-state index contributed by atoms with van der Waals surface area (Å²) in [7, 11) is 1.20. The molecule has 1 amide bonds. The summed E-state index contributed by atoms with van der Waals surface area (Å²) >= 11 is 0. The Morgan fingerprint density at radius 1 is 0.634 bits per heavy atom. The summed E-state index contributed by atoms with van der Waals surface area (Å²) in [6, 6.07) is 0. The monoisotopic (exact) mass is 579 g/mol. The lowest BCUT2D eigenvalue weighted by Crippen LogP contribution is -2.38. The molecule has 0 aromatic heterocycles. The Hall–Kier alpha value is -2.04. The van der Waals surface area contributed by atoms with Crippen molar-refractivity contribution < 1.29 is 18.0 Å². The topological polar surface area (TPSA) is 20.3 Å². The van der Waals surface area contributed by atoms with E-state index in [1.165, 1.54) is 55.0 Å². The molecule has 236 valence electrons. The first-order valence-electron chi connectivity index (χ1n) is 15.7. The lowest BCUT2D eigenvalue weighted by atomic mass is 9.87. The summed E-state index contributed by atoms with van der Waals surface area (Å²) in [6.45, 7) is 17.9. The first kappa shape index (κ1) is 39.0.